The van der Waals surface area contributed by atoms with Crippen molar-refractivity contribution in [3.63, 3.8) is 0 Å². The second-order valence-electron chi connectivity index (χ2n) is 6.25. The Morgan fingerprint density at radius 2 is 2.16 bits per heavy atom. The molecule has 0 aliphatic heterocycles. The standard InChI is InChI=1S/C15H20BrN3/c1-15(2,17)8-7-14-18-12-9-10(16)3-6-13(12)19(14)11-4-5-11/h3,6,9,11H,4-5,7-8,17H2,1-2H3. The number of hydrogen-bond donors (Lipinski definition) is 1. The van der Waals surface area contributed by atoms with E-state index in [-0.39, 0.29) is 5.54 Å². The van der Waals surface area contributed by atoms with Crippen LogP contribution in [0.3, 0.4) is 0 Å². The zero-order valence-electron chi connectivity index (χ0n) is 11.5. The van der Waals surface area contributed by atoms with Crippen molar-refractivity contribution in [1.82, 2.24) is 9.55 Å². The highest BCUT2D eigenvalue weighted by molar-refractivity contribution is 9.10. The lowest BCUT2D eigenvalue weighted by molar-refractivity contribution is 0.465. The average molecular weight is 322 g/mol. The van der Waals surface area contributed by atoms with Crippen molar-refractivity contribution in [3.8, 4) is 0 Å². The molecule has 0 spiro atoms. The van der Waals surface area contributed by atoms with Crippen LogP contribution in [-0.2, 0) is 6.42 Å². The van der Waals surface area contributed by atoms with Crippen LogP contribution in [0.25, 0.3) is 11.0 Å². The molecule has 0 amide bonds. The van der Waals surface area contributed by atoms with Gasteiger partial charge in [-0.25, -0.2) is 4.98 Å². The second-order valence-corrected chi connectivity index (χ2v) is 7.17. The number of rotatable bonds is 4. The molecule has 1 aliphatic carbocycles. The van der Waals surface area contributed by atoms with Gasteiger partial charge in [0.25, 0.3) is 0 Å². The fourth-order valence-electron chi connectivity index (χ4n) is 2.47. The maximum absolute atomic E-state index is 6.10. The van der Waals surface area contributed by atoms with Gasteiger partial charge in [0.05, 0.1) is 11.0 Å². The molecule has 2 aromatic rings. The topological polar surface area (TPSA) is 43.8 Å². The fraction of sp³-hybridized carbons (Fsp3) is 0.533. The minimum atomic E-state index is -0.132. The molecule has 1 fully saturated rings. The van der Waals surface area contributed by atoms with Gasteiger partial charge in [0.2, 0.25) is 0 Å². The summed E-state index contributed by atoms with van der Waals surface area (Å²) in [5, 5.41) is 0. The number of imidazole rings is 1. The van der Waals surface area contributed by atoms with Gasteiger partial charge in [-0.05, 0) is 51.3 Å². The summed E-state index contributed by atoms with van der Waals surface area (Å²) >= 11 is 3.52. The largest absolute Gasteiger partial charge is 0.326 e. The highest BCUT2D eigenvalue weighted by atomic mass is 79.9. The van der Waals surface area contributed by atoms with Gasteiger partial charge in [0.1, 0.15) is 5.82 Å². The molecule has 102 valence electrons. The van der Waals surface area contributed by atoms with E-state index in [4.69, 9.17) is 10.7 Å². The molecule has 0 unspecified atom stereocenters. The maximum atomic E-state index is 6.10. The Kier molecular flexibility index (Phi) is 3.18. The van der Waals surface area contributed by atoms with Gasteiger partial charge < -0.3 is 10.3 Å². The molecule has 1 aliphatic rings. The highest BCUT2D eigenvalue weighted by Gasteiger charge is 2.28. The minimum absolute atomic E-state index is 0.132. The molecule has 2 N–H and O–H groups in total. The monoisotopic (exact) mass is 321 g/mol. The van der Waals surface area contributed by atoms with Crippen LogP contribution >= 0.6 is 15.9 Å². The van der Waals surface area contributed by atoms with Crippen LogP contribution in [0.4, 0.5) is 0 Å². The molecule has 1 aromatic heterocycles. The molecule has 0 bridgehead atoms. The molecule has 0 atom stereocenters. The van der Waals surface area contributed by atoms with Gasteiger partial charge >= 0.3 is 0 Å². The van der Waals surface area contributed by atoms with Crippen molar-refractivity contribution >= 4 is 27.0 Å². The molecule has 0 saturated heterocycles. The summed E-state index contributed by atoms with van der Waals surface area (Å²) in [6.45, 7) is 4.15. The highest BCUT2D eigenvalue weighted by Crippen LogP contribution is 2.39. The van der Waals surface area contributed by atoms with E-state index in [0.717, 1.165) is 22.8 Å². The zero-order valence-corrected chi connectivity index (χ0v) is 13.1. The Bertz CT molecular complexity index is 606. The quantitative estimate of drug-likeness (QED) is 0.930. The molecular formula is C15H20BrN3. The third-order valence-corrected chi connectivity index (χ3v) is 4.12. The number of hydrogen-bond acceptors (Lipinski definition) is 2. The SMILES string of the molecule is CC(C)(N)CCc1nc2cc(Br)ccc2n1C1CC1. The third kappa shape index (κ3) is 2.84. The smallest absolute Gasteiger partial charge is 0.110 e. The summed E-state index contributed by atoms with van der Waals surface area (Å²) in [4.78, 5) is 4.82. The van der Waals surface area contributed by atoms with Crippen LogP contribution < -0.4 is 5.73 Å². The van der Waals surface area contributed by atoms with Gasteiger partial charge in [-0.15, -0.1) is 0 Å². The van der Waals surface area contributed by atoms with Gasteiger partial charge in [0, 0.05) is 22.5 Å². The number of aromatic nitrogens is 2. The van der Waals surface area contributed by atoms with Crippen LogP contribution in [0.2, 0.25) is 0 Å². The molecule has 3 rings (SSSR count). The summed E-state index contributed by atoms with van der Waals surface area (Å²) in [7, 11) is 0. The van der Waals surface area contributed by atoms with Crippen molar-refractivity contribution in [2.45, 2.75) is 51.1 Å². The molecule has 4 heteroatoms. The lowest BCUT2D eigenvalue weighted by Crippen LogP contribution is -2.32. The Morgan fingerprint density at radius 3 is 2.79 bits per heavy atom. The fourth-order valence-corrected chi connectivity index (χ4v) is 2.82. The third-order valence-electron chi connectivity index (χ3n) is 3.63. The molecule has 1 heterocycles. The van der Waals surface area contributed by atoms with E-state index in [2.05, 4.69) is 52.5 Å². The van der Waals surface area contributed by atoms with E-state index >= 15 is 0 Å². The summed E-state index contributed by atoms with van der Waals surface area (Å²) in [6, 6.07) is 7.02. The maximum Gasteiger partial charge on any atom is 0.110 e. The first-order valence-electron chi connectivity index (χ1n) is 6.89. The first-order valence-corrected chi connectivity index (χ1v) is 7.68. The zero-order chi connectivity index (χ0) is 13.6. The first kappa shape index (κ1) is 13.1. The second kappa shape index (κ2) is 4.60. The molecule has 0 radical (unpaired) electrons. The molecule has 3 nitrogen and oxygen atoms in total. The van der Waals surface area contributed by atoms with Crippen molar-refractivity contribution in [2.75, 3.05) is 0 Å². The number of fused-ring (bicyclic) bond motifs is 1. The van der Waals surface area contributed by atoms with Crippen LogP contribution in [0.15, 0.2) is 22.7 Å². The molecular weight excluding hydrogens is 302 g/mol. The van der Waals surface area contributed by atoms with E-state index in [1.165, 1.54) is 24.2 Å². The van der Waals surface area contributed by atoms with Gasteiger partial charge in [-0.2, -0.15) is 0 Å². The van der Waals surface area contributed by atoms with Crippen LogP contribution in [-0.4, -0.2) is 15.1 Å². The van der Waals surface area contributed by atoms with Crippen molar-refractivity contribution in [1.29, 1.82) is 0 Å². The lowest BCUT2D eigenvalue weighted by atomic mass is 10.00. The van der Waals surface area contributed by atoms with Crippen LogP contribution in [0, 0.1) is 0 Å². The van der Waals surface area contributed by atoms with Gasteiger partial charge in [0.15, 0.2) is 0 Å². The number of halogens is 1. The van der Waals surface area contributed by atoms with Gasteiger partial charge in [-0.1, -0.05) is 15.9 Å². The van der Waals surface area contributed by atoms with Crippen LogP contribution in [0.5, 0.6) is 0 Å². The number of nitrogens with two attached hydrogens (primary N) is 1. The van der Waals surface area contributed by atoms with E-state index < -0.39 is 0 Å². The van der Waals surface area contributed by atoms with Crippen molar-refractivity contribution in [3.05, 3.63) is 28.5 Å². The lowest BCUT2D eigenvalue weighted by Gasteiger charge is -2.18. The van der Waals surface area contributed by atoms with E-state index in [9.17, 15) is 0 Å². The molecule has 1 aromatic carbocycles. The predicted octanol–water partition coefficient (Wildman–Crippen LogP) is 3.80. The normalized spacial score (nSPS) is 16.2. The van der Waals surface area contributed by atoms with E-state index in [1.54, 1.807) is 0 Å². The van der Waals surface area contributed by atoms with Crippen molar-refractivity contribution in [2.24, 2.45) is 5.73 Å². The molecule has 1 saturated carbocycles. The number of nitrogens with zero attached hydrogens (tertiary/aromatic N) is 2. The summed E-state index contributed by atoms with van der Waals surface area (Å²) in [5.41, 5.74) is 8.32. The Balaban J connectivity index is 2.00. The first-order chi connectivity index (χ1) is 8.94. The summed E-state index contributed by atoms with van der Waals surface area (Å²) in [6.07, 6.45) is 4.47. The number of aryl methyl sites for hydroxylation is 1. The van der Waals surface area contributed by atoms with Crippen LogP contribution in [0.1, 0.15) is 45.0 Å². The van der Waals surface area contributed by atoms with E-state index in [1.807, 2.05) is 0 Å². The Hall–Kier alpha value is -0.870. The summed E-state index contributed by atoms with van der Waals surface area (Å²) in [5.74, 6) is 1.19. The van der Waals surface area contributed by atoms with E-state index in [0.29, 0.717) is 6.04 Å². The minimum Gasteiger partial charge on any atom is -0.326 e. The molecule has 19 heavy (non-hydrogen) atoms. The average Bonchev–Trinajstić information content (AvgIpc) is 3.07. The predicted molar refractivity (Wildman–Crippen MR) is 82.3 cm³/mol. The Morgan fingerprint density at radius 1 is 1.42 bits per heavy atom. The number of benzene rings is 1. The summed E-state index contributed by atoms with van der Waals surface area (Å²) < 4.78 is 3.51. The van der Waals surface area contributed by atoms with Gasteiger partial charge in [-0.3, -0.25) is 0 Å². The Labute approximate surface area is 122 Å². The van der Waals surface area contributed by atoms with Crippen molar-refractivity contribution < 1.29 is 0 Å².